The minimum atomic E-state index is -4.73. The lowest BCUT2D eigenvalue weighted by Crippen LogP contribution is -2.44. The van der Waals surface area contributed by atoms with Crippen LogP contribution in [0.5, 0.6) is 0 Å². The van der Waals surface area contributed by atoms with E-state index in [1.807, 2.05) is 0 Å². The Morgan fingerprint density at radius 3 is 2.48 bits per heavy atom. The maximum atomic E-state index is 13.0. The molecule has 31 heavy (non-hydrogen) atoms. The summed E-state index contributed by atoms with van der Waals surface area (Å²) in [5.74, 6) is -1.44. The van der Waals surface area contributed by atoms with E-state index in [4.69, 9.17) is 0 Å². The van der Waals surface area contributed by atoms with Crippen LogP contribution in [0.2, 0.25) is 0 Å². The van der Waals surface area contributed by atoms with E-state index in [2.05, 4.69) is 5.32 Å². The lowest BCUT2D eigenvalue weighted by atomic mass is 9.98. The van der Waals surface area contributed by atoms with Crippen LogP contribution in [-0.4, -0.2) is 57.4 Å². The van der Waals surface area contributed by atoms with Crippen molar-refractivity contribution in [3.63, 3.8) is 0 Å². The number of urea groups is 1. The second-order valence-electron chi connectivity index (χ2n) is 7.68. The first-order valence-corrected chi connectivity index (χ1v) is 9.73. The van der Waals surface area contributed by atoms with Crippen molar-refractivity contribution in [2.75, 3.05) is 13.1 Å². The van der Waals surface area contributed by atoms with Gasteiger partial charge in [0, 0.05) is 24.6 Å². The molecule has 1 aromatic rings. The number of amides is 4. The van der Waals surface area contributed by atoms with Crippen molar-refractivity contribution in [2.45, 2.75) is 50.4 Å². The molecule has 0 atom stereocenters. The molecular formula is C19H21F3N4O5. The Hall–Kier alpha value is -3.18. The third kappa shape index (κ3) is 4.94. The van der Waals surface area contributed by atoms with Crippen LogP contribution < -0.4 is 5.32 Å². The zero-order chi connectivity index (χ0) is 22.8. The van der Waals surface area contributed by atoms with Crippen molar-refractivity contribution < 1.29 is 32.5 Å². The first-order valence-electron chi connectivity index (χ1n) is 9.73. The van der Waals surface area contributed by atoms with Gasteiger partial charge in [0.05, 0.1) is 11.5 Å². The van der Waals surface area contributed by atoms with Crippen LogP contribution in [0.3, 0.4) is 0 Å². The summed E-state index contributed by atoms with van der Waals surface area (Å²) in [4.78, 5) is 49.1. The molecule has 0 aromatic heterocycles. The fourth-order valence-electron chi connectivity index (χ4n) is 4.04. The van der Waals surface area contributed by atoms with E-state index in [9.17, 15) is 37.7 Å². The number of nitro benzene ring substituents is 1. The second kappa shape index (κ2) is 8.52. The lowest BCUT2D eigenvalue weighted by Gasteiger charge is -2.25. The molecule has 168 valence electrons. The average molecular weight is 442 g/mol. The highest BCUT2D eigenvalue weighted by Crippen LogP contribution is 2.35. The summed E-state index contributed by atoms with van der Waals surface area (Å²) in [5.41, 5.74) is -1.43. The lowest BCUT2D eigenvalue weighted by molar-refractivity contribution is -0.385. The van der Waals surface area contributed by atoms with Crippen LogP contribution in [0.4, 0.5) is 23.7 Å². The summed E-state index contributed by atoms with van der Waals surface area (Å²) in [7, 11) is 0. The summed E-state index contributed by atoms with van der Waals surface area (Å²) in [6.45, 7) is -2.60. The molecule has 1 aromatic carbocycles. The Bertz CT molecular complexity index is 899. The Morgan fingerprint density at radius 1 is 1.23 bits per heavy atom. The van der Waals surface area contributed by atoms with Gasteiger partial charge in [-0.05, 0) is 12.8 Å². The van der Waals surface area contributed by atoms with Gasteiger partial charge in [-0.15, -0.1) is 0 Å². The molecule has 0 unspecified atom stereocenters. The molecule has 2 aliphatic rings. The molecule has 1 heterocycles. The van der Waals surface area contributed by atoms with Crippen molar-refractivity contribution in [2.24, 2.45) is 0 Å². The summed E-state index contributed by atoms with van der Waals surface area (Å²) in [6, 6.07) is 4.54. The SMILES string of the molecule is O=C(CCN1C(=O)NC2(CCCC2)C1=O)N(Cc1ccccc1[N+](=O)[O-])CC(F)(F)F. The Balaban J connectivity index is 1.72. The van der Waals surface area contributed by atoms with Crippen LogP contribution in [0, 0.1) is 10.1 Å². The highest BCUT2D eigenvalue weighted by molar-refractivity contribution is 6.07. The van der Waals surface area contributed by atoms with Crippen LogP contribution >= 0.6 is 0 Å². The normalized spacial score (nSPS) is 17.8. The van der Waals surface area contributed by atoms with Gasteiger partial charge in [0.1, 0.15) is 12.1 Å². The summed E-state index contributed by atoms with van der Waals surface area (Å²) >= 11 is 0. The predicted octanol–water partition coefficient (Wildman–Crippen LogP) is 2.74. The number of nitrogens with one attached hydrogen (secondary N) is 1. The molecule has 1 N–H and O–H groups in total. The van der Waals surface area contributed by atoms with Gasteiger partial charge in [-0.2, -0.15) is 13.2 Å². The Labute approximate surface area is 175 Å². The van der Waals surface area contributed by atoms with E-state index in [0.717, 1.165) is 23.8 Å². The number of imide groups is 1. The number of alkyl halides is 3. The third-order valence-electron chi connectivity index (χ3n) is 5.52. The molecule has 4 amide bonds. The van der Waals surface area contributed by atoms with Gasteiger partial charge in [-0.25, -0.2) is 4.79 Å². The quantitative estimate of drug-likeness (QED) is 0.396. The number of benzene rings is 1. The third-order valence-corrected chi connectivity index (χ3v) is 5.52. The van der Waals surface area contributed by atoms with Crippen LogP contribution in [0.15, 0.2) is 24.3 Å². The Kier molecular flexibility index (Phi) is 6.18. The zero-order valence-electron chi connectivity index (χ0n) is 16.5. The predicted molar refractivity (Wildman–Crippen MR) is 101 cm³/mol. The molecule has 1 saturated heterocycles. The van der Waals surface area contributed by atoms with Crippen LogP contribution in [-0.2, 0) is 16.1 Å². The Morgan fingerprint density at radius 2 is 1.87 bits per heavy atom. The van der Waals surface area contributed by atoms with Crippen molar-refractivity contribution in [3.05, 3.63) is 39.9 Å². The molecule has 1 saturated carbocycles. The number of carbonyl (C=O) groups excluding carboxylic acids is 3. The number of nitro groups is 1. The highest BCUT2D eigenvalue weighted by atomic mass is 19.4. The standard InChI is InChI=1S/C19H21F3N4O5/c20-19(21,22)12-24(11-13-5-1-2-6-14(13)26(30)31)15(27)7-10-25-16(28)18(23-17(25)29)8-3-4-9-18/h1-2,5-6H,3-4,7-12H2,(H,23,29). The number of carbonyl (C=O) groups is 3. The first-order chi connectivity index (χ1) is 14.5. The van der Waals surface area contributed by atoms with Gasteiger partial charge in [0.15, 0.2) is 0 Å². The topological polar surface area (TPSA) is 113 Å². The molecule has 9 nitrogen and oxygen atoms in total. The number of halogens is 3. The smallest absolute Gasteiger partial charge is 0.329 e. The molecule has 0 bridgehead atoms. The largest absolute Gasteiger partial charge is 0.406 e. The molecule has 12 heteroatoms. The number of hydrogen-bond acceptors (Lipinski definition) is 5. The number of para-hydroxylation sites is 1. The van der Waals surface area contributed by atoms with E-state index in [-0.39, 0.29) is 12.1 Å². The van der Waals surface area contributed by atoms with Crippen molar-refractivity contribution >= 4 is 23.5 Å². The molecule has 1 aliphatic heterocycles. The van der Waals surface area contributed by atoms with Gasteiger partial charge < -0.3 is 10.2 Å². The maximum Gasteiger partial charge on any atom is 0.406 e. The van der Waals surface area contributed by atoms with Gasteiger partial charge in [0.25, 0.3) is 11.6 Å². The van der Waals surface area contributed by atoms with E-state index in [0.29, 0.717) is 17.7 Å². The number of rotatable bonds is 7. The summed E-state index contributed by atoms with van der Waals surface area (Å²) < 4.78 is 39.1. The summed E-state index contributed by atoms with van der Waals surface area (Å²) in [5, 5.41) is 13.8. The minimum Gasteiger partial charge on any atom is -0.329 e. The molecular weight excluding hydrogens is 421 g/mol. The maximum absolute atomic E-state index is 13.0. The van der Waals surface area contributed by atoms with E-state index in [1.54, 1.807) is 0 Å². The highest BCUT2D eigenvalue weighted by Gasteiger charge is 2.52. The fraction of sp³-hybridized carbons (Fsp3) is 0.526. The van der Waals surface area contributed by atoms with Gasteiger partial charge >= 0.3 is 12.2 Å². The number of nitrogens with zero attached hydrogens (tertiary/aromatic N) is 3. The minimum absolute atomic E-state index is 0.0509. The monoisotopic (exact) mass is 442 g/mol. The van der Waals surface area contributed by atoms with Crippen LogP contribution in [0.25, 0.3) is 0 Å². The second-order valence-corrected chi connectivity index (χ2v) is 7.68. The molecule has 1 aliphatic carbocycles. The van der Waals surface area contributed by atoms with Gasteiger partial charge in [0.2, 0.25) is 5.91 Å². The van der Waals surface area contributed by atoms with Gasteiger partial charge in [-0.1, -0.05) is 31.0 Å². The molecule has 2 fully saturated rings. The van der Waals surface area contributed by atoms with E-state index in [1.165, 1.54) is 18.2 Å². The van der Waals surface area contributed by atoms with Crippen molar-refractivity contribution in [3.8, 4) is 0 Å². The molecule has 0 radical (unpaired) electrons. The summed E-state index contributed by atoms with van der Waals surface area (Å²) in [6.07, 6.45) is -2.73. The van der Waals surface area contributed by atoms with Gasteiger partial charge in [-0.3, -0.25) is 24.6 Å². The number of hydrogen-bond donors (Lipinski definition) is 1. The first kappa shape index (κ1) is 22.5. The van der Waals surface area contributed by atoms with Crippen molar-refractivity contribution in [1.29, 1.82) is 0 Å². The molecule has 1 spiro atoms. The zero-order valence-corrected chi connectivity index (χ0v) is 16.5. The molecule has 3 rings (SSSR count). The van der Waals surface area contributed by atoms with E-state index >= 15 is 0 Å². The van der Waals surface area contributed by atoms with E-state index < -0.39 is 59.7 Å². The van der Waals surface area contributed by atoms with Crippen molar-refractivity contribution in [1.82, 2.24) is 15.1 Å². The van der Waals surface area contributed by atoms with Crippen LogP contribution in [0.1, 0.15) is 37.7 Å². The fourth-order valence-corrected chi connectivity index (χ4v) is 4.04. The average Bonchev–Trinajstić information content (AvgIpc) is 3.24.